The predicted molar refractivity (Wildman–Crippen MR) is 126 cm³/mol. The minimum Gasteiger partial charge on any atom is -0.356 e. The number of hydrogen-bond donors (Lipinski definition) is 1. The van der Waals surface area contributed by atoms with Crippen LogP contribution in [-0.2, 0) is 11.2 Å². The van der Waals surface area contributed by atoms with Crippen molar-refractivity contribution in [1.29, 1.82) is 0 Å². The van der Waals surface area contributed by atoms with Gasteiger partial charge in [-0.2, -0.15) is 0 Å². The van der Waals surface area contributed by atoms with Gasteiger partial charge in [-0.3, -0.25) is 4.79 Å². The molecule has 0 atom stereocenters. The first-order valence-corrected chi connectivity index (χ1v) is 11.3. The van der Waals surface area contributed by atoms with E-state index >= 15 is 0 Å². The van der Waals surface area contributed by atoms with E-state index in [0.717, 1.165) is 55.2 Å². The van der Waals surface area contributed by atoms with E-state index in [9.17, 15) is 4.79 Å². The molecule has 5 nitrogen and oxygen atoms in total. The second-order valence-corrected chi connectivity index (χ2v) is 8.16. The molecule has 1 aliphatic heterocycles. The number of carbonyl (C=O) groups excluding carboxylic acids is 1. The number of carbonyl (C=O) groups is 1. The van der Waals surface area contributed by atoms with E-state index in [-0.39, 0.29) is 11.8 Å². The normalized spacial score (nSPS) is 14.4. The molecular weight excluding hydrogens is 384 g/mol. The van der Waals surface area contributed by atoms with Crippen LogP contribution in [-0.4, -0.2) is 29.0 Å². The molecule has 3 aromatic rings. The van der Waals surface area contributed by atoms with Crippen molar-refractivity contribution in [2.45, 2.75) is 39.0 Å². The van der Waals surface area contributed by atoms with Gasteiger partial charge in [0, 0.05) is 36.5 Å². The fourth-order valence-electron chi connectivity index (χ4n) is 4.00. The lowest BCUT2D eigenvalue weighted by Gasteiger charge is -2.32. The number of piperidine rings is 1. The molecule has 0 spiro atoms. The van der Waals surface area contributed by atoms with Crippen molar-refractivity contribution in [3.05, 3.63) is 72.4 Å². The Labute approximate surface area is 184 Å². The van der Waals surface area contributed by atoms with Gasteiger partial charge in [-0.25, -0.2) is 9.97 Å². The van der Waals surface area contributed by atoms with Crippen LogP contribution < -0.4 is 10.2 Å². The number of nitrogens with zero attached hydrogens (tertiary/aromatic N) is 3. The molecule has 2 heterocycles. The highest BCUT2D eigenvalue weighted by atomic mass is 16.1. The van der Waals surface area contributed by atoms with E-state index in [4.69, 9.17) is 4.98 Å². The predicted octanol–water partition coefficient (Wildman–Crippen LogP) is 5.34. The Kier molecular flexibility index (Phi) is 6.92. The summed E-state index contributed by atoms with van der Waals surface area (Å²) in [5, 5.41) is 3.10. The van der Waals surface area contributed by atoms with Gasteiger partial charge in [0.25, 0.3) is 0 Å². The summed E-state index contributed by atoms with van der Waals surface area (Å²) in [6.45, 7) is 3.84. The molecule has 0 bridgehead atoms. The number of hydrogen-bond acceptors (Lipinski definition) is 4. The summed E-state index contributed by atoms with van der Waals surface area (Å²) in [7, 11) is 0. The zero-order valence-electron chi connectivity index (χ0n) is 18.1. The van der Waals surface area contributed by atoms with Crippen LogP contribution in [0.5, 0.6) is 0 Å². The Balaban J connectivity index is 1.32. The molecule has 1 aliphatic rings. The molecular formula is C26H30N4O. The Bertz CT molecular complexity index is 980. The molecule has 0 unspecified atom stereocenters. The highest BCUT2D eigenvalue weighted by Gasteiger charge is 2.26. The molecule has 1 saturated heterocycles. The second-order valence-electron chi connectivity index (χ2n) is 8.16. The summed E-state index contributed by atoms with van der Waals surface area (Å²) < 4.78 is 0. The van der Waals surface area contributed by atoms with Crippen LogP contribution in [0, 0.1) is 5.92 Å². The van der Waals surface area contributed by atoms with Crippen LogP contribution in [0.1, 0.15) is 38.2 Å². The summed E-state index contributed by atoms with van der Waals surface area (Å²) in [4.78, 5) is 24.2. The molecule has 0 radical (unpaired) electrons. The first kappa shape index (κ1) is 21.0. The van der Waals surface area contributed by atoms with Crippen molar-refractivity contribution in [1.82, 2.24) is 9.97 Å². The topological polar surface area (TPSA) is 58.1 Å². The maximum Gasteiger partial charge on any atom is 0.227 e. The van der Waals surface area contributed by atoms with Gasteiger partial charge in [-0.1, -0.05) is 55.8 Å². The summed E-state index contributed by atoms with van der Waals surface area (Å²) in [6.07, 6.45) is 6.95. The molecule has 5 heteroatoms. The molecule has 1 aromatic heterocycles. The molecule has 2 aromatic carbocycles. The Hall–Kier alpha value is -3.21. The van der Waals surface area contributed by atoms with Gasteiger partial charge in [0.1, 0.15) is 5.82 Å². The van der Waals surface area contributed by atoms with Crippen LogP contribution in [0.15, 0.2) is 66.9 Å². The largest absolute Gasteiger partial charge is 0.356 e. The lowest BCUT2D eigenvalue weighted by atomic mass is 9.95. The molecule has 160 valence electrons. The molecule has 0 saturated carbocycles. The van der Waals surface area contributed by atoms with Crippen LogP contribution in [0.4, 0.5) is 11.5 Å². The van der Waals surface area contributed by atoms with Crippen molar-refractivity contribution in [2.24, 2.45) is 5.92 Å². The van der Waals surface area contributed by atoms with Crippen molar-refractivity contribution in [2.75, 3.05) is 23.3 Å². The Morgan fingerprint density at radius 2 is 1.77 bits per heavy atom. The van der Waals surface area contributed by atoms with Gasteiger partial charge in [-0.15, -0.1) is 0 Å². The zero-order chi connectivity index (χ0) is 21.5. The summed E-state index contributed by atoms with van der Waals surface area (Å²) >= 11 is 0. The van der Waals surface area contributed by atoms with Crippen LogP contribution in [0.25, 0.3) is 11.4 Å². The average Bonchev–Trinajstić information content (AvgIpc) is 2.84. The van der Waals surface area contributed by atoms with E-state index in [1.165, 1.54) is 18.4 Å². The number of aryl methyl sites for hydroxylation is 1. The quantitative estimate of drug-likeness (QED) is 0.567. The fraction of sp³-hybridized carbons (Fsp3) is 0.346. The minimum atomic E-state index is 0.0337. The lowest BCUT2D eigenvalue weighted by molar-refractivity contribution is -0.120. The van der Waals surface area contributed by atoms with Gasteiger partial charge in [-0.05, 0) is 49.4 Å². The third kappa shape index (κ3) is 5.48. The smallest absolute Gasteiger partial charge is 0.227 e. The molecule has 4 rings (SSSR count). The summed E-state index contributed by atoms with van der Waals surface area (Å²) in [5.41, 5.74) is 3.23. The van der Waals surface area contributed by atoms with Crippen LogP contribution >= 0.6 is 0 Å². The lowest BCUT2D eigenvalue weighted by Crippen LogP contribution is -2.38. The number of benzene rings is 2. The maximum atomic E-state index is 12.8. The van der Waals surface area contributed by atoms with E-state index in [1.54, 1.807) is 0 Å². The second kappa shape index (κ2) is 10.2. The highest BCUT2D eigenvalue weighted by Crippen LogP contribution is 2.25. The van der Waals surface area contributed by atoms with E-state index in [0.29, 0.717) is 0 Å². The third-order valence-electron chi connectivity index (χ3n) is 5.90. The van der Waals surface area contributed by atoms with E-state index in [1.807, 2.05) is 54.7 Å². The molecule has 1 amide bonds. The summed E-state index contributed by atoms with van der Waals surface area (Å²) in [6, 6.07) is 20.2. The number of nitrogens with one attached hydrogen (secondary N) is 1. The van der Waals surface area contributed by atoms with Crippen LogP contribution in [0.3, 0.4) is 0 Å². The first-order chi connectivity index (χ1) is 15.2. The van der Waals surface area contributed by atoms with Crippen LogP contribution in [0.2, 0.25) is 0 Å². The first-order valence-electron chi connectivity index (χ1n) is 11.3. The monoisotopic (exact) mass is 414 g/mol. The standard InChI is InChI=1S/C26H30N4O/c1-2-3-7-20-10-12-23(13-11-20)28-26(31)22-15-18-30(19-16-22)24-14-17-27-25(29-24)21-8-5-4-6-9-21/h4-6,8-14,17,22H,2-3,7,15-16,18-19H2,1H3,(H,28,31). The van der Waals surface area contributed by atoms with Crippen molar-refractivity contribution in [3.63, 3.8) is 0 Å². The molecule has 1 fully saturated rings. The number of aromatic nitrogens is 2. The van der Waals surface area contributed by atoms with Gasteiger partial charge in [0.05, 0.1) is 0 Å². The Morgan fingerprint density at radius 3 is 2.48 bits per heavy atom. The SMILES string of the molecule is CCCCc1ccc(NC(=O)C2CCN(c3ccnc(-c4ccccc4)n3)CC2)cc1. The third-order valence-corrected chi connectivity index (χ3v) is 5.90. The van der Waals surface area contributed by atoms with Gasteiger partial charge in [0.15, 0.2) is 5.82 Å². The van der Waals surface area contributed by atoms with Crippen molar-refractivity contribution in [3.8, 4) is 11.4 Å². The highest BCUT2D eigenvalue weighted by molar-refractivity contribution is 5.92. The fourth-order valence-corrected chi connectivity index (χ4v) is 4.00. The average molecular weight is 415 g/mol. The molecule has 0 aliphatic carbocycles. The van der Waals surface area contributed by atoms with Gasteiger partial charge < -0.3 is 10.2 Å². The Morgan fingerprint density at radius 1 is 1.03 bits per heavy atom. The number of rotatable bonds is 7. The van der Waals surface area contributed by atoms with Crippen molar-refractivity contribution >= 4 is 17.4 Å². The van der Waals surface area contributed by atoms with Crippen molar-refractivity contribution < 1.29 is 4.79 Å². The van der Waals surface area contributed by atoms with E-state index < -0.39 is 0 Å². The van der Waals surface area contributed by atoms with Gasteiger partial charge in [0.2, 0.25) is 5.91 Å². The molecule has 31 heavy (non-hydrogen) atoms. The maximum absolute atomic E-state index is 12.8. The zero-order valence-corrected chi connectivity index (χ0v) is 18.1. The molecule has 1 N–H and O–H groups in total. The number of anilines is 2. The minimum absolute atomic E-state index is 0.0337. The summed E-state index contributed by atoms with van der Waals surface area (Å²) in [5.74, 6) is 1.82. The number of amides is 1. The number of unbranched alkanes of at least 4 members (excludes halogenated alkanes) is 1. The van der Waals surface area contributed by atoms with E-state index in [2.05, 4.69) is 34.3 Å². The van der Waals surface area contributed by atoms with Gasteiger partial charge >= 0.3 is 0 Å².